The van der Waals surface area contributed by atoms with Crippen LogP contribution in [0, 0.1) is 0 Å². The van der Waals surface area contributed by atoms with Gasteiger partial charge in [-0.3, -0.25) is 5.32 Å². The lowest BCUT2D eigenvalue weighted by molar-refractivity contribution is 1.09. The summed E-state index contributed by atoms with van der Waals surface area (Å²) in [5, 5.41) is 7.05. The lowest BCUT2D eigenvalue weighted by Gasteiger charge is -1.99. The average Bonchev–Trinajstić information content (AvgIpc) is 2.05. The highest BCUT2D eigenvalue weighted by Gasteiger charge is 1.88. The number of hydrogen-bond acceptors (Lipinski definition) is 1. The van der Waals surface area contributed by atoms with E-state index < -0.39 is 0 Å². The van der Waals surface area contributed by atoms with E-state index in [0.717, 1.165) is 11.4 Å². The standard InChI is InChI=1S/C8H11N2/c1-9-7-3-5-8(10-2)6-4-7/h3-6,9H,1-2H3. The third-order valence-electron chi connectivity index (χ3n) is 1.41. The molecule has 2 heteroatoms. The molecule has 0 bridgehead atoms. The summed E-state index contributed by atoms with van der Waals surface area (Å²) in [4.78, 5) is 0. The molecule has 53 valence electrons. The smallest absolute Gasteiger partial charge is 0.0572 e. The molecule has 1 aromatic carbocycles. The van der Waals surface area contributed by atoms with E-state index in [1.165, 1.54) is 0 Å². The normalized spacial score (nSPS) is 9.00. The zero-order valence-electron chi connectivity index (χ0n) is 6.26. The highest BCUT2D eigenvalue weighted by Crippen LogP contribution is 2.11. The lowest BCUT2D eigenvalue weighted by Crippen LogP contribution is -1.89. The van der Waals surface area contributed by atoms with Gasteiger partial charge in [-0.25, -0.2) is 0 Å². The predicted octanol–water partition coefficient (Wildman–Crippen LogP) is 1.59. The van der Waals surface area contributed by atoms with Crippen LogP contribution in [-0.2, 0) is 0 Å². The molecule has 0 aliphatic heterocycles. The van der Waals surface area contributed by atoms with Crippen molar-refractivity contribution in [3.63, 3.8) is 0 Å². The van der Waals surface area contributed by atoms with Crippen LogP contribution in [0.5, 0.6) is 0 Å². The van der Waals surface area contributed by atoms with Gasteiger partial charge < -0.3 is 5.32 Å². The van der Waals surface area contributed by atoms with Gasteiger partial charge in [-0.2, -0.15) is 0 Å². The molecule has 1 aromatic rings. The summed E-state index contributed by atoms with van der Waals surface area (Å²) < 4.78 is 0. The summed E-state index contributed by atoms with van der Waals surface area (Å²) in [6.45, 7) is 0. The summed E-state index contributed by atoms with van der Waals surface area (Å²) >= 11 is 0. The molecule has 1 rings (SSSR count). The van der Waals surface area contributed by atoms with E-state index in [4.69, 9.17) is 0 Å². The second-order valence-corrected chi connectivity index (χ2v) is 2.02. The fourth-order valence-electron chi connectivity index (χ4n) is 0.777. The molecule has 0 saturated heterocycles. The first-order chi connectivity index (χ1) is 4.86. The molecule has 2 nitrogen and oxygen atoms in total. The van der Waals surface area contributed by atoms with Crippen molar-refractivity contribution in [2.24, 2.45) is 0 Å². The summed E-state index contributed by atoms with van der Waals surface area (Å²) in [6.07, 6.45) is 0. The molecule has 0 aromatic heterocycles. The first kappa shape index (κ1) is 6.93. The van der Waals surface area contributed by atoms with Crippen molar-refractivity contribution in [3.8, 4) is 0 Å². The Hall–Kier alpha value is -1.18. The summed E-state index contributed by atoms with van der Waals surface area (Å²) in [5.74, 6) is 0. The van der Waals surface area contributed by atoms with Crippen LogP contribution in [0.3, 0.4) is 0 Å². The number of nitrogens with one attached hydrogen (secondary N) is 1. The average molecular weight is 135 g/mol. The quantitative estimate of drug-likeness (QED) is 0.654. The first-order valence-electron chi connectivity index (χ1n) is 3.24. The van der Waals surface area contributed by atoms with Gasteiger partial charge in [-0.15, -0.1) is 0 Å². The summed E-state index contributed by atoms with van der Waals surface area (Å²) in [5.41, 5.74) is 2.13. The van der Waals surface area contributed by atoms with Gasteiger partial charge in [-0.1, -0.05) is 0 Å². The fraction of sp³-hybridized carbons (Fsp3) is 0.250. The van der Waals surface area contributed by atoms with Crippen LogP contribution in [0.15, 0.2) is 24.3 Å². The highest BCUT2D eigenvalue weighted by molar-refractivity contribution is 5.49. The monoisotopic (exact) mass is 135 g/mol. The highest BCUT2D eigenvalue weighted by atomic mass is 14.8. The molecule has 0 aliphatic rings. The van der Waals surface area contributed by atoms with E-state index >= 15 is 0 Å². The van der Waals surface area contributed by atoms with E-state index in [-0.39, 0.29) is 0 Å². The zero-order valence-corrected chi connectivity index (χ0v) is 6.26. The molecule has 0 aliphatic carbocycles. The Balaban J connectivity index is 2.80. The molecular formula is C8H11N2. The third-order valence-corrected chi connectivity index (χ3v) is 1.41. The second-order valence-electron chi connectivity index (χ2n) is 2.02. The van der Waals surface area contributed by atoms with Gasteiger partial charge in [0.25, 0.3) is 0 Å². The minimum Gasteiger partial charge on any atom is -0.388 e. The molecule has 0 unspecified atom stereocenters. The van der Waals surface area contributed by atoms with Crippen LogP contribution in [0.1, 0.15) is 0 Å². The van der Waals surface area contributed by atoms with Gasteiger partial charge in [0.2, 0.25) is 0 Å². The molecule has 1 N–H and O–H groups in total. The third kappa shape index (κ3) is 1.41. The first-order valence-corrected chi connectivity index (χ1v) is 3.24. The molecule has 1 radical (unpaired) electrons. The Morgan fingerprint density at radius 3 is 2.20 bits per heavy atom. The fourth-order valence-corrected chi connectivity index (χ4v) is 0.777. The van der Waals surface area contributed by atoms with Gasteiger partial charge in [0.1, 0.15) is 0 Å². The van der Waals surface area contributed by atoms with Crippen molar-refractivity contribution in [2.75, 3.05) is 19.4 Å². The predicted molar refractivity (Wildman–Crippen MR) is 43.7 cm³/mol. The molecule has 10 heavy (non-hydrogen) atoms. The number of benzene rings is 1. The molecule has 0 saturated carbocycles. The Kier molecular flexibility index (Phi) is 2.15. The molecular weight excluding hydrogens is 124 g/mol. The number of hydrogen-bond donors (Lipinski definition) is 1. The minimum absolute atomic E-state index is 1.01. The van der Waals surface area contributed by atoms with Gasteiger partial charge in [0.15, 0.2) is 0 Å². The number of nitrogens with zero attached hydrogens (tertiary/aromatic N) is 1. The Morgan fingerprint density at radius 2 is 1.80 bits per heavy atom. The summed E-state index contributed by atoms with van der Waals surface area (Å²) in [7, 11) is 3.69. The van der Waals surface area contributed by atoms with Crippen molar-refractivity contribution in [3.05, 3.63) is 24.3 Å². The molecule has 0 spiro atoms. The summed E-state index contributed by atoms with van der Waals surface area (Å²) in [6, 6.07) is 7.96. The topological polar surface area (TPSA) is 26.1 Å². The molecule has 0 heterocycles. The maximum Gasteiger partial charge on any atom is 0.0572 e. The molecule has 0 fully saturated rings. The van der Waals surface area contributed by atoms with Crippen LogP contribution < -0.4 is 10.6 Å². The van der Waals surface area contributed by atoms with Crippen molar-refractivity contribution in [1.82, 2.24) is 5.32 Å². The van der Waals surface area contributed by atoms with Crippen LogP contribution >= 0.6 is 0 Å². The lowest BCUT2D eigenvalue weighted by atomic mass is 10.3. The van der Waals surface area contributed by atoms with Crippen molar-refractivity contribution in [2.45, 2.75) is 0 Å². The van der Waals surface area contributed by atoms with Gasteiger partial charge >= 0.3 is 0 Å². The Morgan fingerprint density at radius 1 is 1.20 bits per heavy atom. The van der Waals surface area contributed by atoms with Gasteiger partial charge in [0, 0.05) is 19.8 Å². The van der Waals surface area contributed by atoms with Gasteiger partial charge in [0.05, 0.1) is 5.69 Å². The molecule has 0 amide bonds. The van der Waals surface area contributed by atoms with E-state index in [1.807, 2.05) is 31.3 Å². The van der Waals surface area contributed by atoms with Crippen molar-refractivity contribution >= 4 is 11.4 Å². The number of rotatable bonds is 2. The minimum atomic E-state index is 1.01. The van der Waals surface area contributed by atoms with Crippen LogP contribution in [0.4, 0.5) is 11.4 Å². The Bertz CT molecular complexity index is 168. The maximum absolute atomic E-state index is 4.02. The van der Waals surface area contributed by atoms with E-state index in [0.29, 0.717) is 0 Å². The maximum atomic E-state index is 4.02. The molecule has 0 atom stereocenters. The Labute approximate surface area is 61.3 Å². The SMILES string of the molecule is C[N]c1ccc(NC)cc1. The largest absolute Gasteiger partial charge is 0.388 e. The zero-order chi connectivity index (χ0) is 7.40. The van der Waals surface area contributed by atoms with Gasteiger partial charge in [-0.05, 0) is 24.3 Å². The van der Waals surface area contributed by atoms with Crippen molar-refractivity contribution in [1.29, 1.82) is 0 Å². The van der Waals surface area contributed by atoms with Crippen LogP contribution in [0.2, 0.25) is 0 Å². The van der Waals surface area contributed by atoms with Crippen molar-refractivity contribution < 1.29 is 0 Å². The second kappa shape index (κ2) is 3.11. The van der Waals surface area contributed by atoms with E-state index in [2.05, 4.69) is 10.6 Å². The van der Waals surface area contributed by atoms with E-state index in [1.54, 1.807) is 7.05 Å². The number of anilines is 1. The van der Waals surface area contributed by atoms with E-state index in [9.17, 15) is 0 Å². The van der Waals surface area contributed by atoms with Crippen LogP contribution in [-0.4, -0.2) is 14.1 Å². The van der Waals surface area contributed by atoms with Crippen LogP contribution in [0.25, 0.3) is 0 Å².